The van der Waals surface area contributed by atoms with Crippen LogP contribution < -0.4 is 5.32 Å². The molecule has 0 unspecified atom stereocenters. The van der Waals surface area contributed by atoms with Crippen molar-refractivity contribution in [2.75, 3.05) is 0 Å². The largest absolute Gasteiger partial charge is 0.351 e. The van der Waals surface area contributed by atoms with E-state index in [1.54, 1.807) is 11.3 Å². The van der Waals surface area contributed by atoms with Gasteiger partial charge in [0.15, 0.2) is 0 Å². The molecular weight excluding hydrogens is 298 g/mol. The van der Waals surface area contributed by atoms with E-state index in [2.05, 4.69) is 21.2 Å². The van der Waals surface area contributed by atoms with E-state index in [1.165, 1.54) is 37.0 Å². The van der Waals surface area contributed by atoms with Crippen molar-refractivity contribution in [3.8, 4) is 0 Å². The standard InChI is InChI=1S/C13H18BrNOS/c14-11-6-7-17-12(11)9-15-13(16)8-10-4-2-1-3-5-10/h6-7,10H,1-5,8-9H2,(H,15,16). The highest BCUT2D eigenvalue weighted by molar-refractivity contribution is 9.10. The fraction of sp³-hybridized carbons (Fsp3) is 0.615. The van der Waals surface area contributed by atoms with E-state index in [1.807, 2.05) is 11.4 Å². The summed E-state index contributed by atoms with van der Waals surface area (Å²) >= 11 is 5.15. The Hall–Kier alpha value is -0.350. The summed E-state index contributed by atoms with van der Waals surface area (Å²) in [7, 11) is 0. The van der Waals surface area contributed by atoms with E-state index in [0.29, 0.717) is 18.9 Å². The number of hydrogen-bond acceptors (Lipinski definition) is 2. The first kappa shape index (κ1) is 13.1. The number of hydrogen-bond donors (Lipinski definition) is 1. The van der Waals surface area contributed by atoms with Crippen LogP contribution >= 0.6 is 27.3 Å². The molecule has 1 N–H and O–H groups in total. The number of amides is 1. The second kappa shape index (κ2) is 6.55. The molecule has 2 rings (SSSR count). The quantitative estimate of drug-likeness (QED) is 0.890. The van der Waals surface area contributed by atoms with Crippen LogP contribution in [0.1, 0.15) is 43.4 Å². The summed E-state index contributed by atoms with van der Waals surface area (Å²) in [5.74, 6) is 0.827. The molecule has 0 aliphatic heterocycles. The normalized spacial score (nSPS) is 17.0. The van der Waals surface area contributed by atoms with Crippen LogP contribution in [0.5, 0.6) is 0 Å². The van der Waals surface area contributed by atoms with Crippen molar-refractivity contribution in [3.63, 3.8) is 0 Å². The Morgan fingerprint density at radius 1 is 1.41 bits per heavy atom. The van der Waals surface area contributed by atoms with Crippen LogP contribution in [-0.2, 0) is 11.3 Å². The third kappa shape index (κ3) is 4.11. The van der Waals surface area contributed by atoms with Crippen LogP contribution in [0.2, 0.25) is 0 Å². The van der Waals surface area contributed by atoms with Gasteiger partial charge in [-0.2, -0.15) is 0 Å². The van der Waals surface area contributed by atoms with Gasteiger partial charge in [0.25, 0.3) is 0 Å². The minimum Gasteiger partial charge on any atom is -0.351 e. The predicted octanol–water partition coefficient (Wildman–Crippen LogP) is 4.10. The number of thiophene rings is 1. The van der Waals surface area contributed by atoms with Crippen molar-refractivity contribution in [2.45, 2.75) is 45.1 Å². The number of carbonyl (C=O) groups excluding carboxylic acids is 1. The van der Waals surface area contributed by atoms with Crippen LogP contribution in [-0.4, -0.2) is 5.91 Å². The third-order valence-electron chi connectivity index (χ3n) is 3.34. The first-order valence-electron chi connectivity index (χ1n) is 6.24. The molecule has 1 saturated carbocycles. The molecule has 0 atom stereocenters. The summed E-state index contributed by atoms with van der Waals surface area (Å²) in [6.07, 6.45) is 7.12. The van der Waals surface area contributed by atoms with Crippen molar-refractivity contribution < 1.29 is 4.79 Å². The highest BCUT2D eigenvalue weighted by atomic mass is 79.9. The summed E-state index contributed by atoms with van der Waals surface area (Å²) in [5, 5.41) is 5.05. The van der Waals surface area contributed by atoms with Crippen molar-refractivity contribution in [3.05, 3.63) is 20.8 Å². The molecule has 1 amide bonds. The maximum atomic E-state index is 11.8. The lowest BCUT2D eigenvalue weighted by Gasteiger charge is -2.20. The molecule has 1 heterocycles. The number of halogens is 1. The molecule has 2 nitrogen and oxygen atoms in total. The van der Waals surface area contributed by atoms with Gasteiger partial charge in [-0.05, 0) is 46.1 Å². The van der Waals surface area contributed by atoms with Crippen molar-refractivity contribution in [2.24, 2.45) is 5.92 Å². The molecule has 0 aromatic carbocycles. The Kier molecular flexibility index (Phi) is 5.04. The zero-order chi connectivity index (χ0) is 12.1. The van der Waals surface area contributed by atoms with Crippen molar-refractivity contribution >= 4 is 33.2 Å². The lowest BCUT2D eigenvalue weighted by atomic mass is 9.87. The average Bonchev–Trinajstić information content (AvgIpc) is 2.74. The van der Waals surface area contributed by atoms with Gasteiger partial charge < -0.3 is 5.32 Å². The molecule has 1 aliphatic rings. The molecule has 17 heavy (non-hydrogen) atoms. The van der Waals surface area contributed by atoms with Crippen LogP contribution in [0.15, 0.2) is 15.9 Å². The molecule has 0 radical (unpaired) electrons. The highest BCUT2D eigenvalue weighted by Gasteiger charge is 2.16. The lowest BCUT2D eigenvalue weighted by molar-refractivity contribution is -0.122. The zero-order valence-electron chi connectivity index (χ0n) is 9.88. The Balaban J connectivity index is 1.72. The van der Waals surface area contributed by atoms with E-state index in [0.717, 1.165) is 4.47 Å². The SMILES string of the molecule is O=C(CC1CCCCC1)NCc1sccc1Br. The monoisotopic (exact) mass is 315 g/mol. The molecule has 1 aromatic rings. The molecule has 4 heteroatoms. The second-order valence-electron chi connectivity index (χ2n) is 4.68. The zero-order valence-corrected chi connectivity index (χ0v) is 12.3. The van der Waals surface area contributed by atoms with Gasteiger partial charge in [0.1, 0.15) is 0 Å². The Labute approximate surface area is 115 Å². The minimum absolute atomic E-state index is 0.206. The predicted molar refractivity (Wildman–Crippen MR) is 75.1 cm³/mol. The van der Waals surface area contributed by atoms with Gasteiger partial charge in [0, 0.05) is 15.8 Å². The summed E-state index contributed by atoms with van der Waals surface area (Å²) in [4.78, 5) is 13.0. The molecule has 1 fully saturated rings. The lowest BCUT2D eigenvalue weighted by Crippen LogP contribution is -2.25. The average molecular weight is 316 g/mol. The van der Waals surface area contributed by atoms with Crippen molar-refractivity contribution in [1.82, 2.24) is 5.32 Å². The smallest absolute Gasteiger partial charge is 0.220 e. The number of nitrogens with one attached hydrogen (secondary N) is 1. The summed E-state index contributed by atoms with van der Waals surface area (Å²) < 4.78 is 1.10. The maximum absolute atomic E-state index is 11.8. The summed E-state index contributed by atoms with van der Waals surface area (Å²) in [6.45, 7) is 0.657. The van der Waals surface area contributed by atoms with Crippen LogP contribution in [0, 0.1) is 5.92 Å². The Bertz CT molecular complexity index is 371. The van der Waals surface area contributed by atoms with Gasteiger partial charge in [-0.15, -0.1) is 11.3 Å². The summed E-state index contributed by atoms with van der Waals surface area (Å²) in [6, 6.07) is 2.02. The van der Waals surface area contributed by atoms with Gasteiger partial charge >= 0.3 is 0 Å². The number of carbonyl (C=O) groups is 1. The molecule has 1 aliphatic carbocycles. The van der Waals surface area contributed by atoms with Gasteiger partial charge in [0.2, 0.25) is 5.91 Å². The van der Waals surface area contributed by atoms with Crippen molar-refractivity contribution in [1.29, 1.82) is 0 Å². The van der Waals surface area contributed by atoms with E-state index >= 15 is 0 Å². The first-order chi connectivity index (χ1) is 8.25. The van der Waals surface area contributed by atoms with E-state index in [-0.39, 0.29) is 5.91 Å². The molecule has 1 aromatic heterocycles. The van der Waals surface area contributed by atoms with E-state index < -0.39 is 0 Å². The Morgan fingerprint density at radius 2 is 2.18 bits per heavy atom. The van der Waals surface area contributed by atoms with Crippen LogP contribution in [0.25, 0.3) is 0 Å². The molecule has 94 valence electrons. The molecule has 0 bridgehead atoms. The van der Waals surface area contributed by atoms with E-state index in [9.17, 15) is 4.79 Å². The molecule has 0 spiro atoms. The van der Waals surface area contributed by atoms with Gasteiger partial charge in [0.05, 0.1) is 6.54 Å². The fourth-order valence-corrected chi connectivity index (χ4v) is 3.79. The topological polar surface area (TPSA) is 29.1 Å². The molecule has 0 saturated heterocycles. The number of rotatable bonds is 4. The van der Waals surface area contributed by atoms with Crippen LogP contribution in [0.3, 0.4) is 0 Å². The first-order valence-corrected chi connectivity index (χ1v) is 7.91. The third-order valence-corrected chi connectivity index (χ3v) is 5.26. The second-order valence-corrected chi connectivity index (χ2v) is 6.53. The fourth-order valence-electron chi connectivity index (χ4n) is 2.36. The summed E-state index contributed by atoms with van der Waals surface area (Å²) in [5.41, 5.74) is 0. The van der Waals surface area contributed by atoms with E-state index in [4.69, 9.17) is 0 Å². The Morgan fingerprint density at radius 3 is 2.82 bits per heavy atom. The maximum Gasteiger partial charge on any atom is 0.220 e. The van der Waals surface area contributed by atoms with Gasteiger partial charge in [-0.25, -0.2) is 0 Å². The highest BCUT2D eigenvalue weighted by Crippen LogP contribution is 2.26. The van der Waals surface area contributed by atoms with Gasteiger partial charge in [-0.3, -0.25) is 4.79 Å². The van der Waals surface area contributed by atoms with Crippen LogP contribution in [0.4, 0.5) is 0 Å². The van der Waals surface area contributed by atoms with Gasteiger partial charge in [-0.1, -0.05) is 19.3 Å². The molecular formula is C13H18BrNOS. The minimum atomic E-state index is 0.206.